The number of rotatable bonds is 49. The fraction of sp³-hybridized carbons (Fsp3) is 0.822. The predicted molar refractivity (Wildman–Crippen MR) is 227 cm³/mol. The molecule has 14 nitrogen and oxygen atoms in total. The van der Waals surface area contributed by atoms with Crippen LogP contribution in [0.2, 0.25) is 0 Å². The third-order valence-corrected chi connectivity index (χ3v) is 8.84. The van der Waals surface area contributed by atoms with Crippen molar-refractivity contribution in [3.63, 3.8) is 0 Å². The Bertz CT molecular complexity index is 999. The molecule has 0 bridgehead atoms. The van der Waals surface area contributed by atoms with Gasteiger partial charge in [0.25, 0.3) is 0 Å². The van der Waals surface area contributed by atoms with Crippen LogP contribution < -0.4 is 4.74 Å². The second-order valence-corrected chi connectivity index (χ2v) is 13.9. The van der Waals surface area contributed by atoms with E-state index in [1.54, 1.807) is 24.3 Å². The Morgan fingerprint density at radius 1 is 0.390 bits per heavy atom. The van der Waals surface area contributed by atoms with Crippen LogP contribution in [-0.2, 0) is 56.9 Å². The second-order valence-electron chi connectivity index (χ2n) is 13.9. The van der Waals surface area contributed by atoms with Gasteiger partial charge in [0, 0.05) is 12.0 Å². The normalized spacial score (nSPS) is 11.3. The zero-order valence-electron chi connectivity index (χ0n) is 36.6. The van der Waals surface area contributed by atoms with E-state index in [0.29, 0.717) is 156 Å². The molecule has 0 saturated heterocycles. The summed E-state index contributed by atoms with van der Waals surface area (Å²) in [6, 6.07) is 6.93. The van der Waals surface area contributed by atoms with Crippen molar-refractivity contribution in [2.75, 3.05) is 145 Å². The van der Waals surface area contributed by atoms with Crippen LogP contribution in [0.5, 0.6) is 5.75 Å². The Hall–Kier alpha value is -2.24. The number of hydrogen-bond acceptors (Lipinski definition) is 14. The molecular weight excluding hydrogens is 764 g/mol. The van der Waals surface area contributed by atoms with E-state index < -0.39 is 0 Å². The summed E-state index contributed by atoms with van der Waals surface area (Å²) in [5.74, 6) is 0.567. The summed E-state index contributed by atoms with van der Waals surface area (Å²) in [6.07, 6.45) is 18.1. The van der Waals surface area contributed by atoms with Gasteiger partial charge in [-0.1, -0.05) is 84.0 Å². The first kappa shape index (κ1) is 54.8. The topological polar surface area (TPSA) is 145 Å². The molecule has 344 valence electrons. The molecule has 0 aliphatic rings. The molecule has 0 saturated carbocycles. The van der Waals surface area contributed by atoms with Crippen molar-refractivity contribution in [1.29, 1.82) is 0 Å². The lowest BCUT2D eigenvalue weighted by Crippen LogP contribution is -2.15. The summed E-state index contributed by atoms with van der Waals surface area (Å²) >= 11 is 0. The van der Waals surface area contributed by atoms with Crippen LogP contribution in [0.1, 0.15) is 107 Å². The van der Waals surface area contributed by atoms with E-state index in [1.807, 2.05) is 0 Å². The fourth-order valence-electron chi connectivity index (χ4n) is 5.52. The van der Waals surface area contributed by atoms with Crippen molar-refractivity contribution in [3.05, 3.63) is 29.8 Å². The fourth-order valence-corrected chi connectivity index (χ4v) is 5.52. The van der Waals surface area contributed by atoms with Crippen molar-refractivity contribution in [2.45, 2.75) is 96.8 Å². The van der Waals surface area contributed by atoms with Gasteiger partial charge in [0.15, 0.2) is 0 Å². The Morgan fingerprint density at radius 2 is 0.678 bits per heavy atom. The van der Waals surface area contributed by atoms with Gasteiger partial charge in [-0.15, -0.1) is 0 Å². The molecule has 0 aliphatic heterocycles. The lowest BCUT2D eigenvalue weighted by atomic mass is 10.0. The lowest BCUT2D eigenvalue weighted by molar-refractivity contribution is -0.145. The predicted octanol–water partition coefficient (Wildman–Crippen LogP) is 7.07. The Morgan fingerprint density at radius 3 is 1.00 bits per heavy atom. The molecule has 0 fully saturated rings. The highest BCUT2D eigenvalue weighted by molar-refractivity contribution is 5.74. The molecule has 1 rings (SSSR count). The van der Waals surface area contributed by atoms with E-state index in [0.717, 1.165) is 19.1 Å². The quantitative estimate of drug-likeness (QED) is 0.0375. The Kier molecular flexibility index (Phi) is 43.5. The number of ether oxygens (including phenoxy) is 12. The molecule has 0 atom stereocenters. The Balaban J connectivity index is 1.64. The number of aldehydes is 1. The van der Waals surface area contributed by atoms with E-state index in [2.05, 4.69) is 6.92 Å². The van der Waals surface area contributed by atoms with Crippen LogP contribution in [0.25, 0.3) is 0 Å². The van der Waals surface area contributed by atoms with Gasteiger partial charge in [0.05, 0.1) is 132 Å². The molecule has 1 aromatic rings. The van der Waals surface area contributed by atoms with Crippen molar-refractivity contribution >= 4 is 12.3 Å². The van der Waals surface area contributed by atoms with Crippen LogP contribution in [-0.4, -0.2) is 158 Å². The highest BCUT2D eigenvalue weighted by atomic mass is 16.6. The zero-order chi connectivity index (χ0) is 42.2. The van der Waals surface area contributed by atoms with Crippen LogP contribution >= 0.6 is 0 Å². The monoisotopic (exact) mass is 845 g/mol. The molecule has 0 heterocycles. The van der Waals surface area contributed by atoms with Crippen molar-refractivity contribution in [2.24, 2.45) is 0 Å². The van der Waals surface area contributed by atoms with Crippen molar-refractivity contribution in [3.8, 4) is 5.75 Å². The average Bonchev–Trinajstić information content (AvgIpc) is 3.25. The number of hydrogen-bond donors (Lipinski definition) is 0. The minimum Gasteiger partial charge on any atom is -0.491 e. The highest BCUT2D eigenvalue weighted by Crippen LogP contribution is 2.13. The van der Waals surface area contributed by atoms with Gasteiger partial charge in [0.2, 0.25) is 0 Å². The maximum atomic E-state index is 11.9. The SMILES string of the molecule is CCCCCCCCCCCCCCCC(=O)OCCOCCOCCOCCOCCOCCOCCOCCOCCOCCOCCOc1ccc(C=O)cc1. The third-order valence-electron chi connectivity index (χ3n) is 8.84. The molecule has 0 aliphatic carbocycles. The summed E-state index contributed by atoms with van der Waals surface area (Å²) < 4.78 is 65.7. The first-order valence-electron chi connectivity index (χ1n) is 22.4. The lowest BCUT2D eigenvalue weighted by Gasteiger charge is -2.09. The molecule has 1 aromatic carbocycles. The molecule has 0 radical (unpaired) electrons. The van der Waals surface area contributed by atoms with E-state index in [-0.39, 0.29) is 12.6 Å². The standard InChI is InChI=1S/C45H80O14/c1-2-3-4-5-6-7-8-9-10-11-12-13-14-15-45(47)59-41-39-57-37-35-55-33-31-53-29-27-51-25-23-49-21-20-48-22-24-50-26-28-52-30-32-54-34-36-56-38-40-58-44-18-16-43(42-46)17-19-44/h16-19,42H,2-15,20-41H2,1H3. The zero-order valence-corrected chi connectivity index (χ0v) is 36.6. The molecule has 0 aromatic heterocycles. The largest absolute Gasteiger partial charge is 0.491 e. The number of unbranched alkanes of at least 4 members (excludes halogenated alkanes) is 12. The van der Waals surface area contributed by atoms with Crippen LogP contribution in [0.4, 0.5) is 0 Å². The molecule has 0 spiro atoms. The van der Waals surface area contributed by atoms with Crippen molar-refractivity contribution in [1.82, 2.24) is 0 Å². The van der Waals surface area contributed by atoms with Gasteiger partial charge in [0.1, 0.15) is 25.2 Å². The minimum absolute atomic E-state index is 0.135. The molecule has 14 heteroatoms. The molecule has 0 N–H and O–H groups in total. The minimum atomic E-state index is -0.135. The number of esters is 1. The van der Waals surface area contributed by atoms with Gasteiger partial charge < -0.3 is 56.8 Å². The number of carbonyl (C=O) groups excluding carboxylic acids is 2. The van der Waals surface area contributed by atoms with Gasteiger partial charge in [-0.05, 0) is 30.7 Å². The van der Waals surface area contributed by atoms with Gasteiger partial charge in [-0.2, -0.15) is 0 Å². The first-order chi connectivity index (χ1) is 29.3. The van der Waals surface area contributed by atoms with Crippen LogP contribution in [0.3, 0.4) is 0 Å². The van der Waals surface area contributed by atoms with E-state index >= 15 is 0 Å². The molecule has 0 amide bonds. The van der Waals surface area contributed by atoms with E-state index in [1.165, 1.54) is 70.6 Å². The van der Waals surface area contributed by atoms with Crippen LogP contribution in [0.15, 0.2) is 24.3 Å². The van der Waals surface area contributed by atoms with Gasteiger partial charge in [-0.25, -0.2) is 0 Å². The van der Waals surface area contributed by atoms with E-state index in [4.69, 9.17) is 56.8 Å². The van der Waals surface area contributed by atoms with Gasteiger partial charge in [-0.3, -0.25) is 9.59 Å². The number of benzene rings is 1. The summed E-state index contributed by atoms with van der Waals surface area (Å²) in [5, 5.41) is 0. The first-order valence-corrected chi connectivity index (χ1v) is 22.4. The molecular formula is C45H80O14. The summed E-state index contributed by atoms with van der Waals surface area (Å²) in [7, 11) is 0. The summed E-state index contributed by atoms with van der Waals surface area (Å²) in [5.41, 5.74) is 0.616. The molecule has 59 heavy (non-hydrogen) atoms. The van der Waals surface area contributed by atoms with Gasteiger partial charge >= 0.3 is 5.97 Å². The van der Waals surface area contributed by atoms with E-state index in [9.17, 15) is 9.59 Å². The van der Waals surface area contributed by atoms with Crippen LogP contribution in [0, 0.1) is 0 Å². The Labute approximate surface area is 355 Å². The third kappa shape index (κ3) is 42.2. The maximum Gasteiger partial charge on any atom is 0.305 e. The average molecular weight is 845 g/mol. The number of carbonyl (C=O) groups is 2. The smallest absolute Gasteiger partial charge is 0.305 e. The second kappa shape index (κ2) is 46.8. The summed E-state index contributed by atoms with van der Waals surface area (Å²) in [6.45, 7) is 12.5. The summed E-state index contributed by atoms with van der Waals surface area (Å²) in [4.78, 5) is 22.5. The highest BCUT2D eigenvalue weighted by Gasteiger charge is 2.03. The maximum absolute atomic E-state index is 11.9. The van der Waals surface area contributed by atoms with Crippen molar-refractivity contribution < 1.29 is 66.4 Å². The molecule has 0 unspecified atom stereocenters.